The molecule has 0 aliphatic heterocycles. The average Bonchev–Trinajstić information content (AvgIpc) is 2.77. The smallest absolute Gasteiger partial charge is 0.326 e. The van der Waals surface area contributed by atoms with Crippen LogP contribution in [-0.2, 0) is 24.0 Å². The van der Waals surface area contributed by atoms with Gasteiger partial charge in [0.25, 0.3) is 0 Å². The minimum atomic E-state index is -1.24. The van der Waals surface area contributed by atoms with E-state index in [0.29, 0.717) is 6.42 Å². The van der Waals surface area contributed by atoms with Crippen molar-refractivity contribution in [3.63, 3.8) is 0 Å². The molecule has 190 valence electrons. The molecular formula is C22H39N3O7S. The zero-order chi connectivity index (χ0) is 25.1. The summed E-state index contributed by atoms with van der Waals surface area (Å²) in [5, 5.41) is 24.9. The summed E-state index contributed by atoms with van der Waals surface area (Å²) in [7, 11) is 0. The maximum atomic E-state index is 12.1. The molecule has 10 nitrogen and oxygen atoms in total. The van der Waals surface area contributed by atoms with Crippen LogP contribution in [0, 0.1) is 0 Å². The van der Waals surface area contributed by atoms with Crippen LogP contribution in [-0.4, -0.2) is 64.3 Å². The van der Waals surface area contributed by atoms with Gasteiger partial charge in [-0.15, -0.1) is 0 Å². The minimum Gasteiger partial charge on any atom is -0.480 e. The van der Waals surface area contributed by atoms with Crippen molar-refractivity contribution in [2.45, 2.75) is 96.1 Å². The normalized spacial score (nSPS) is 12.4. The molecule has 11 heteroatoms. The number of carbonyl (C=O) groups is 5. The van der Waals surface area contributed by atoms with Crippen LogP contribution in [0.4, 0.5) is 0 Å². The largest absolute Gasteiger partial charge is 0.480 e. The van der Waals surface area contributed by atoms with E-state index in [4.69, 9.17) is 5.11 Å². The van der Waals surface area contributed by atoms with Gasteiger partial charge in [-0.3, -0.25) is 19.2 Å². The van der Waals surface area contributed by atoms with E-state index < -0.39 is 42.4 Å². The van der Waals surface area contributed by atoms with Crippen LogP contribution >= 0.6 is 12.6 Å². The zero-order valence-electron chi connectivity index (χ0n) is 19.4. The third-order valence-electron chi connectivity index (χ3n) is 5.05. The second kappa shape index (κ2) is 19.2. The number of carbonyl (C=O) groups excluding carboxylic acids is 3. The monoisotopic (exact) mass is 489 g/mol. The van der Waals surface area contributed by atoms with Crippen molar-refractivity contribution in [3.05, 3.63) is 0 Å². The highest BCUT2D eigenvalue weighted by Gasteiger charge is 2.23. The van der Waals surface area contributed by atoms with E-state index in [-0.39, 0.29) is 30.9 Å². The summed E-state index contributed by atoms with van der Waals surface area (Å²) < 4.78 is 0. The van der Waals surface area contributed by atoms with Crippen molar-refractivity contribution in [1.29, 1.82) is 0 Å². The summed E-state index contributed by atoms with van der Waals surface area (Å²) >= 11 is 3.96. The molecule has 0 aliphatic carbocycles. The zero-order valence-corrected chi connectivity index (χ0v) is 20.3. The van der Waals surface area contributed by atoms with Gasteiger partial charge in [0, 0.05) is 18.6 Å². The summed E-state index contributed by atoms with van der Waals surface area (Å²) in [4.78, 5) is 57.9. The Morgan fingerprint density at radius 3 is 1.79 bits per heavy atom. The number of amides is 3. The lowest BCUT2D eigenvalue weighted by molar-refractivity contribution is -0.142. The fraction of sp³-hybridized carbons (Fsp3) is 0.773. The van der Waals surface area contributed by atoms with E-state index in [1.165, 1.54) is 32.1 Å². The summed E-state index contributed by atoms with van der Waals surface area (Å²) in [5.74, 6) is -4.20. The molecule has 0 saturated heterocycles. The molecule has 0 radical (unpaired) electrons. The number of carboxylic acids is 2. The molecule has 2 unspecified atom stereocenters. The first-order valence-corrected chi connectivity index (χ1v) is 12.3. The lowest BCUT2D eigenvalue weighted by atomic mass is 10.1. The number of hydrogen-bond donors (Lipinski definition) is 6. The van der Waals surface area contributed by atoms with Crippen LogP contribution in [0.15, 0.2) is 0 Å². The predicted molar refractivity (Wildman–Crippen MR) is 127 cm³/mol. The summed E-state index contributed by atoms with van der Waals surface area (Å²) in [6.45, 7) is 1.59. The third kappa shape index (κ3) is 16.9. The van der Waals surface area contributed by atoms with Crippen LogP contribution in [0.1, 0.15) is 84.0 Å². The van der Waals surface area contributed by atoms with Crippen molar-refractivity contribution >= 4 is 42.3 Å². The molecule has 0 aliphatic rings. The molecule has 2 atom stereocenters. The Balaban J connectivity index is 4.22. The molecule has 0 fully saturated rings. The van der Waals surface area contributed by atoms with E-state index in [9.17, 15) is 29.1 Å². The van der Waals surface area contributed by atoms with Crippen LogP contribution in [0.2, 0.25) is 0 Å². The molecule has 33 heavy (non-hydrogen) atoms. The maximum absolute atomic E-state index is 12.1. The lowest BCUT2D eigenvalue weighted by Crippen LogP contribution is -2.49. The number of hydrogen-bond acceptors (Lipinski definition) is 6. The highest BCUT2D eigenvalue weighted by Crippen LogP contribution is 2.10. The van der Waals surface area contributed by atoms with Gasteiger partial charge in [0.15, 0.2) is 0 Å². The Kier molecular flexibility index (Phi) is 17.9. The number of nitrogens with one attached hydrogen (secondary N) is 3. The number of rotatable bonds is 20. The second-order valence-electron chi connectivity index (χ2n) is 7.99. The first-order chi connectivity index (χ1) is 15.7. The van der Waals surface area contributed by atoms with Crippen molar-refractivity contribution in [2.24, 2.45) is 0 Å². The van der Waals surface area contributed by atoms with E-state index in [1.807, 2.05) is 0 Å². The molecule has 0 heterocycles. The second-order valence-corrected chi connectivity index (χ2v) is 8.35. The molecule has 0 saturated carbocycles. The predicted octanol–water partition coefficient (Wildman–Crippen LogP) is 1.87. The highest BCUT2D eigenvalue weighted by molar-refractivity contribution is 7.80. The summed E-state index contributed by atoms with van der Waals surface area (Å²) in [6.07, 6.45) is 9.84. The Morgan fingerprint density at radius 2 is 1.27 bits per heavy atom. The van der Waals surface area contributed by atoms with Crippen LogP contribution in [0.5, 0.6) is 0 Å². The van der Waals surface area contributed by atoms with Gasteiger partial charge in [0.05, 0.1) is 0 Å². The Labute approximate surface area is 201 Å². The number of aliphatic carboxylic acids is 2. The Hall–Kier alpha value is -2.30. The van der Waals surface area contributed by atoms with Crippen molar-refractivity contribution in [2.75, 3.05) is 12.3 Å². The van der Waals surface area contributed by atoms with Gasteiger partial charge in [-0.1, -0.05) is 58.3 Å². The SMILES string of the molecule is CCCCCCCCCCCC(=O)NC(CCC(=O)NC(CS)C(=O)NCC(=O)O)C(=O)O. The standard InChI is InChI=1S/C22H39N3O7S/c1-2-3-4-5-6-7-8-9-10-11-18(26)24-16(22(31)32)12-13-19(27)25-17(15-33)21(30)23-14-20(28)29/h16-17,33H,2-15H2,1H3,(H,23,30)(H,24,26)(H,25,27)(H,28,29)(H,31,32). The molecule has 0 aromatic carbocycles. The number of carboxylic acid groups (broad SMARTS) is 2. The van der Waals surface area contributed by atoms with E-state index in [0.717, 1.165) is 19.3 Å². The molecule has 0 spiro atoms. The van der Waals surface area contributed by atoms with Crippen molar-refractivity contribution < 1.29 is 34.2 Å². The van der Waals surface area contributed by atoms with E-state index in [2.05, 4.69) is 35.5 Å². The summed E-state index contributed by atoms with van der Waals surface area (Å²) in [6, 6.07) is -2.26. The van der Waals surface area contributed by atoms with Crippen molar-refractivity contribution in [1.82, 2.24) is 16.0 Å². The average molecular weight is 490 g/mol. The quantitative estimate of drug-likeness (QED) is 0.112. The highest BCUT2D eigenvalue weighted by atomic mass is 32.1. The van der Waals surface area contributed by atoms with Crippen LogP contribution in [0.25, 0.3) is 0 Å². The van der Waals surface area contributed by atoms with Gasteiger partial charge in [-0.2, -0.15) is 12.6 Å². The van der Waals surface area contributed by atoms with Gasteiger partial charge in [-0.05, 0) is 12.8 Å². The Bertz CT molecular complexity index is 631. The topological polar surface area (TPSA) is 162 Å². The fourth-order valence-electron chi connectivity index (χ4n) is 3.14. The molecule has 0 rings (SSSR count). The number of thiol groups is 1. The van der Waals surface area contributed by atoms with Crippen molar-refractivity contribution in [3.8, 4) is 0 Å². The molecular weight excluding hydrogens is 450 g/mol. The first-order valence-electron chi connectivity index (χ1n) is 11.6. The van der Waals surface area contributed by atoms with Crippen LogP contribution < -0.4 is 16.0 Å². The van der Waals surface area contributed by atoms with E-state index in [1.54, 1.807) is 0 Å². The van der Waals surface area contributed by atoms with Gasteiger partial charge in [0.1, 0.15) is 18.6 Å². The molecule has 3 amide bonds. The third-order valence-corrected chi connectivity index (χ3v) is 5.41. The Morgan fingerprint density at radius 1 is 0.758 bits per heavy atom. The van der Waals surface area contributed by atoms with Gasteiger partial charge < -0.3 is 26.2 Å². The lowest BCUT2D eigenvalue weighted by Gasteiger charge is -2.17. The molecule has 0 aromatic rings. The maximum Gasteiger partial charge on any atom is 0.326 e. The van der Waals surface area contributed by atoms with Gasteiger partial charge in [0.2, 0.25) is 17.7 Å². The summed E-state index contributed by atoms with van der Waals surface area (Å²) in [5.41, 5.74) is 0. The molecule has 0 aromatic heterocycles. The number of unbranched alkanes of at least 4 members (excludes halogenated alkanes) is 8. The van der Waals surface area contributed by atoms with Gasteiger partial charge in [-0.25, -0.2) is 4.79 Å². The van der Waals surface area contributed by atoms with Crippen LogP contribution in [0.3, 0.4) is 0 Å². The minimum absolute atomic E-state index is 0.0605. The molecule has 5 N–H and O–H groups in total. The fourth-order valence-corrected chi connectivity index (χ4v) is 3.40. The van der Waals surface area contributed by atoms with Gasteiger partial charge >= 0.3 is 11.9 Å². The van der Waals surface area contributed by atoms with E-state index >= 15 is 0 Å². The molecule has 0 bridgehead atoms. The first kappa shape index (κ1) is 30.7.